The maximum Gasteiger partial charge on any atom is 0.316 e. The molecule has 3 aromatic rings. The van der Waals surface area contributed by atoms with Gasteiger partial charge in [-0.05, 0) is 31.2 Å². The van der Waals surface area contributed by atoms with Gasteiger partial charge in [-0.2, -0.15) is 10.1 Å². The van der Waals surface area contributed by atoms with Gasteiger partial charge in [0.1, 0.15) is 5.52 Å². The number of hydrogen-bond acceptors (Lipinski definition) is 6. The van der Waals surface area contributed by atoms with E-state index in [2.05, 4.69) is 20.5 Å². The van der Waals surface area contributed by atoms with Crippen molar-refractivity contribution in [2.45, 2.75) is 13.5 Å². The molecule has 0 aliphatic rings. The minimum Gasteiger partial charge on any atom is -0.422 e. The van der Waals surface area contributed by atoms with Gasteiger partial charge >= 0.3 is 6.01 Å². The molecule has 21 heavy (non-hydrogen) atoms. The van der Waals surface area contributed by atoms with E-state index in [4.69, 9.17) is 9.52 Å². The molecule has 0 saturated heterocycles. The summed E-state index contributed by atoms with van der Waals surface area (Å²) in [5.74, 6) is 0. The average molecular weight is 282 g/mol. The Morgan fingerprint density at radius 2 is 2.05 bits per heavy atom. The molecule has 0 aliphatic carbocycles. The van der Waals surface area contributed by atoms with Gasteiger partial charge in [-0.1, -0.05) is 18.2 Å². The number of aliphatic hydroxyl groups excluding tert-OH is 1. The van der Waals surface area contributed by atoms with Crippen molar-refractivity contribution in [2.75, 3.05) is 5.43 Å². The highest BCUT2D eigenvalue weighted by atomic mass is 16.4. The van der Waals surface area contributed by atoms with Crippen LogP contribution in [0.15, 0.2) is 52.0 Å². The molecule has 0 radical (unpaired) electrons. The highest BCUT2D eigenvalue weighted by molar-refractivity contribution is 5.97. The van der Waals surface area contributed by atoms with E-state index in [9.17, 15) is 0 Å². The number of hydrogen-bond donors (Lipinski definition) is 2. The molecule has 3 rings (SSSR count). The maximum absolute atomic E-state index is 9.09. The number of hydrazone groups is 1. The van der Waals surface area contributed by atoms with Crippen LogP contribution in [-0.4, -0.2) is 20.8 Å². The molecule has 0 unspecified atom stereocenters. The van der Waals surface area contributed by atoms with Gasteiger partial charge in [0.05, 0.1) is 23.7 Å². The van der Waals surface area contributed by atoms with E-state index in [1.807, 2.05) is 43.3 Å². The predicted molar refractivity (Wildman–Crippen MR) is 80.0 cm³/mol. The van der Waals surface area contributed by atoms with Gasteiger partial charge in [-0.3, -0.25) is 0 Å². The lowest BCUT2D eigenvalue weighted by Gasteiger charge is -2.02. The summed E-state index contributed by atoms with van der Waals surface area (Å²) in [5.41, 5.74) is 6.21. The highest BCUT2D eigenvalue weighted by Gasteiger charge is 2.05. The van der Waals surface area contributed by atoms with E-state index >= 15 is 0 Å². The maximum atomic E-state index is 9.09. The minimum atomic E-state index is -0.0975. The van der Waals surface area contributed by atoms with Crippen LogP contribution in [-0.2, 0) is 6.61 Å². The zero-order chi connectivity index (χ0) is 14.7. The molecule has 106 valence electrons. The van der Waals surface area contributed by atoms with E-state index < -0.39 is 0 Å². The van der Waals surface area contributed by atoms with Gasteiger partial charge < -0.3 is 9.52 Å². The molecule has 0 amide bonds. The summed E-state index contributed by atoms with van der Waals surface area (Å²) in [7, 11) is 0. The average Bonchev–Trinajstić information content (AvgIpc) is 2.95. The van der Waals surface area contributed by atoms with Crippen molar-refractivity contribution in [3.63, 3.8) is 0 Å². The summed E-state index contributed by atoms with van der Waals surface area (Å²) in [6, 6.07) is 13.2. The van der Waals surface area contributed by atoms with Crippen molar-refractivity contribution in [1.29, 1.82) is 0 Å². The van der Waals surface area contributed by atoms with Crippen molar-refractivity contribution in [1.82, 2.24) is 9.97 Å². The fourth-order valence-electron chi connectivity index (χ4n) is 1.88. The topological polar surface area (TPSA) is 83.5 Å². The van der Waals surface area contributed by atoms with E-state index in [1.54, 1.807) is 6.07 Å². The van der Waals surface area contributed by atoms with Crippen LogP contribution in [0.3, 0.4) is 0 Å². The smallest absolute Gasteiger partial charge is 0.316 e. The fraction of sp³-hybridized carbons (Fsp3) is 0.133. The van der Waals surface area contributed by atoms with Gasteiger partial charge in [0, 0.05) is 0 Å². The van der Waals surface area contributed by atoms with E-state index in [0.717, 1.165) is 5.52 Å². The zero-order valence-corrected chi connectivity index (χ0v) is 11.4. The third-order valence-electron chi connectivity index (χ3n) is 2.95. The third-order valence-corrected chi connectivity index (χ3v) is 2.95. The number of oxazole rings is 1. The zero-order valence-electron chi connectivity index (χ0n) is 11.4. The number of anilines is 1. The molecular weight excluding hydrogens is 268 g/mol. The second-order valence-electron chi connectivity index (χ2n) is 4.47. The number of nitrogens with one attached hydrogen (secondary N) is 1. The summed E-state index contributed by atoms with van der Waals surface area (Å²) in [6.45, 7) is 1.72. The Balaban J connectivity index is 1.80. The molecule has 6 nitrogen and oxygen atoms in total. The standard InChI is InChI=1S/C15H14N4O2/c1-10(12-7-4-5-11(9-20)16-12)18-19-15-17-13-6-2-3-8-14(13)21-15/h2-8,20H,9H2,1H3,(H,17,19)/b18-10+. The normalized spacial score (nSPS) is 11.8. The van der Waals surface area contributed by atoms with Crippen LogP contribution in [0, 0.1) is 0 Å². The fourth-order valence-corrected chi connectivity index (χ4v) is 1.88. The predicted octanol–water partition coefficient (Wildman–Crippen LogP) is 2.55. The molecule has 0 saturated carbocycles. The van der Waals surface area contributed by atoms with Crippen LogP contribution >= 0.6 is 0 Å². The van der Waals surface area contributed by atoms with Crippen molar-refractivity contribution in [3.8, 4) is 0 Å². The molecule has 1 aromatic carbocycles. The number of rotatable bonds is 4. The molecule has 0 fully saturated rings. The summed E-state index contributed by atoms with van der Waals surface area (Å²) in [5, 5.41) is 13.3. The number of pyridine rings is 1. The Morgan fingerprint density at radius 1 is 1.19 bits per heavy atom. The van der Waals surface area contributed by atoms with Crippen LogP contribution in [0.5, 0.6) is 0 Å². The van der Waals surface area contributed by atoms with Crippen molar-refractivity contribution in [3.05, 3.63) is 53.9 Å². The first-order valence-electron chi connectivity index (χ1n) is 6.49. The molecule has 0 atom stereocenters. The first-order valence-corrected chi connectivity index (χ1v) is 6.49. The number of nitrogens with zero attached hydrogens (tertiary/aromatic N) is 3. The lowest BCUT2D eigenvalue weighted by molar-refractivity contribution is 0.277. The third kappa shape index (κ3) is 2.90. The van der Waals surface area contributed by atoms with Gasteiger partial charge in [0.25, 0.3) is 0 Å². The van der Waals surface area contributed by atoms with Gasteiger partial charge in [-0.15, -0.1) is 0 Å². The van der Waals surface area contributed by atoms with E-state index in [-0.39, 0.29) is 6.61 Å². The minimum absolute atomic E-state index is 0.0975. The molecule has 6 heteroatoms. The monoisotopic (exact) mass is 282 g/mol. The second-order valence-corrected chi connectivity index (χ2v) is 4.47. The Hall–Kier alpha value is -2.73. The summed E-state index contributed by atoms with van der Waals surface area (Å²) >= 11 is 0. The van der Waals surface area contributed by atoms with Crippen molar-refractivity contribution >= 4 is 22.8 Å². The van der Waals surface area contributed by atoms with Crippen LogP contribution in [0.1, 0.15) is 18.3 Å². The number of benzene rings is 1. The molecule has 2 aromatic heterocycles. The van der Waals surface area contributed by atoms with Crippen LogP contribution < -0.4 is 5.43 Å². The van der Waals surface area contributed by atoms with Crippen LogP contribution in [0.4, 0.5) is 6.01 Å². The Labute approximate surface area is 121 Å². The quantitative estimate of drug-likeness (QED) is 0.567. The first-order chi connectivity index (χ1) is 10.3. The van der Waals surface area contributed by atoms with E-state index in [0.29, 0.717) is 28.7 Å². The molecular formula is C15H14N4O2. The molecule has 0 aliphatic heterocycles. The highest BCUT2D eigenvalue weighted by Crippen LogP contribution is 2.18. The van der Waals surface area contributed by atoms with E-state index in [1.165, 1.54) is 0 Å². The largest absolute Gasteiger partial charge is 0.422 e. The molecule has 2 heterocycles. The number of fused-ring (bicyclic) bond motifs is 1. The SMILES string of the molecule is C/C(=N\Nc1nc2ccccc2o1)c1cccc(CO)n1. The van der Waals surface area contributed by atoms with Gasteiger partial charge in [-0.25, -0.2) is 10.4 Å². The van der Waals surface area contributed by atoms with Crippen LogP contribution in [0.25, 0.3) is 11.1 Å². The lowest BCUT2D eigenvalue weighted by atomic mass is 10.2. The Bertz CT molecular complexity index is 762. The van der Waals surface area contributed by atoms with Crippen molar-refractivity contribution < 1.29 is 9.52 Å². The number of aromatic nitrogens is 2. The summed E-state index contributed by atoms with van der Waals surface area (Å²) in [4.78, 5) is 8.54. The summed E-state index contributed by atoms with van der Waals surface area (Å²) < 4.78 is 5.51. The number of aliphatic hydroxyl groups is 1. The van der Waals surface area contributed by atoms with Gasteiger partial charge in [0.2, 0.25) is 0 Å². The second kappa shape index (κ2) is 5.72. The summed E-state index contributed by atoms with van der Waals surface area (Å²) in [6.07, 6.45) is 0. The first kappa shape index (κ1) is 13.3. The number of para-hydroxylation sites is 2. The lowest BCUT2D eigenvalue weighted by Crippen LogP contribution is -2.04. The Kier molecular flexibility index (Phi) is 3.61. The van der Waals surface area contributed by atoms with Gasteiger partial charge in [0.15, 0.2) is 5.58 Å². The van der Waals surface area contributed by atoms with Crippen molar-refractivity contribution in [2.24, 2.45) is 5.10 Å². The molecule has 2 N–H and O–H groups in total. The van der Waals surface area contributed by atoms with Crippen LogP contribution in [0.2, 0.25) is 0 Å². The molecule has 0 bridgehead atoms. The Morgan fingerprint density at radius 3 is 2.86 bits per heavy atom. The molecule has 0 spiro atoms.